The monoisotopic (exact) mass is 260 g/mol. The Balaban J connectivity index is 2.18. The quantitative estimate of drug-likeness (QED) is 0.775. The maximum absolute atomic E-state index is 11.2. The summed E-state index contributed by atoms with van der Waals surface area (Å²) in [6, 6.07) is 11.0. The van der Waals surface area contributed by atoms with Crippen LogP contribution < -0.4 is 0 Å². The molecule has 2 rings (SSSR count). The Labute approximate surface area is 116 Å². The van der Waals surface area contributed by atoms with E-state index in [1.807, 2.05) is 13.8 Å². The summed E-state index contributed by atoms with van der Waals surface area (Å²) in [6.07, 6.45) is 1.08. The molecule has 19 heavy (non-hydrogen) atoms. The number of piperazine rings is 1. The fourth-order valence-corrected chi connectivity index (χ4v) is 2.70. The van der Waals surface area contributed by atoms with Crippen LogP contribution in [0.1, 0.15) is 25.5 Å². The highest BCUT2D eigenvalue weighted by atomic mass is 16.1. The first kappa shape index (κ1) is 14.2. The standard InChI is InChI=1S/C16H24N2O/c1-16(2,13-19)12-18-10-9-17(3)11-15(18)14-7-5-4-6-8-14/h4-8,13,15H,9-12H2,1-3H3. The first-order valence-corrected chi connectivity index (χ1v) is 6.96. The van der Waals surface area contributed by atoms with Gasteiger partial charge < -0.3 is 9.69 Å². The van der Waals surface area contributed by atoms with Crippen molar-refractivity contribution in [3.8, 4) is 0 Å². The van der Waals surface area contributed by atoms with Gasteiger partial charge in [0.25, 0.3) is 0 Å². The smallest absolute Gasteiger partial charge is 0.126 e. The SMILES string of the molecule is CN1CCN(CC(C)(C)C=O)C(c2ccccc2)C1. The van der Waals surface area contributed by atoms with Gasteiger partial charge in [0, 0.05) is 37.6 Å². The Morgan fingerprint density at radius 1 is 1.26 bits per heavy atom. The number of carbonyl (C=O) groups is 1. The van der Waals surface area contributed by atoms with Gasteiger partial charge in [0.2, 0.25) is 0 Å². The molecule has 0 saturated carbocycles. The van der Waals surface area contributed by atoms with Crippen molar-refractivity contribution in [2.75, 3.05) is 33.2 Å². The van der Waals surface area contributed by atoms with Crippen LogP contribution in [-0.2, 0) is 4.79 Å². The van der Waals surface area contributed by atoms with Gasteiger partial charge in [-0.25, -0.2) is 0 Å². The Morgan fingerprint density at radius 3 is 2.58 bits per heavy atom. The summed E-state index contributed by atoms with van der Waals surface area (Å²) in [5, 5.41) is 0. The van der Waals surface area contributed by atoms with Crippen LogP contribution in [0.2, 0.25) is 0 Å². The van der Waals surface area contributed by atoms with E-state index in [2.05, 4.69) is 47.2 Å². The third-order valence-electron chi connectivity index (χ3n) is 3.81. The minimum absolute atomic E-state index is 0.275. The Hall–Kier alpha value is -1.19. The Bertz CT molecular complexity index is 416. The zero-order valence-electron chi connectivity index (χ0n) is 12.2. The summed E-state index contributed by atoms with van der Waals surface area (Å²) in [4.78, 5) is 16.0. The minimum atomic E-state index is -0.275. The first-order valence-electron chi connectivity index (χ1n) is 6.96. The molecule has 1 aromatic carbocycles. The van der Waals surface area contributed by atoms with E-state index in [9.17, 15) is 4.79 Å². The molecule has 3 heteroatoms. The third kappa shape index (κ3) is 3.64. The van der Waals surface area contributed by atoms with Crippen molar-refractivity contribution in [2.45, 2.75) is 19.9 Å². The van der Waals surface area contributed by atoms with E-state index in [1.54, 1.807) is 0 Å². The van der Waals surface area contributed by atoms with E-state index in [4.69, 9.17) is 0 Å². The predicted octanol–water partition coefficient (Wildman–Crippen LogP) is 2.20. The van der Waals surface area contributed by atoms with Gasteiger partial charge in [-0.15, -0.1) is 0 Å². The second-order valence-corrected chi connectivity index (χ2v) is 6.27. The highest BCUT2D eigenvalue weighted by Gasteiger charge is 2.30. The minimum Gasteiger partial charge on any atom is -0.303 e. The van der Waals surface area contributed by atoms with Crippen molar-refractivity contribution in [2.24, 2.45) is 5.41 Å². The lowest BCUT2D eigenvalue weighted by atomic mass is 9.92. The van der Waals surface area contributed by atoms with Crippen LogP contribution in [0, 0.1) is 5.41 Å². The zero-order valence-corrected chi connectivity index (χ0v) is 12.2. The molecule has 1 unspecified atom stereocenters. The van der Waals surface area contributed by atoms with Gasteiger partial charge in [0.05, 0.1) is 0 Å². The van der Waals surface area contributed by atoms with Crippen LogP contribution in [0.15, 0.2) is 30.3 Å². The molecule has 3 nitrogen and oxygen atoms in total. The number of carbonyl (C=O) groups excluding carboxylic acids is 1. The largest absolute Gasteiger partial charge is 0.303 e. The van der Waals surface area contributed by atoms with Crippen molar-refractivity contribution in [1.29, 1.82) is 0 Å². The van der Waals surface area contributed by atoms with E-state index in [0.29, 0.717) is 6.04 Å². The fourth-order valence-electron chi connectivity index (χ4n) is 2.70. The molecular formula is C16H24N2O. The molecule has 1 heterocycles. The van der Waals surface area contributed by atoms with Gasteiger partial charge in [-0.2, -0.15) is 0 Å². The van der Waals surface area contributed by atoms with E-state index in [-0.39, 0.29) is 5.41 Å². The van der Waals surface area contributed by atoms with Crippen molar-refractivity contribution >= 4 is 6.29 Å². The van der Waals surface area contributed by atoms with Crippen molar-refractivity contribution in [3.63, 3.8) is 0 Å². The van der Waals surface area contributed by atoms with Crippen molar-refractivity contribution < 1.29 is 4.79 Å². The van der Waals surface area contributed by atoms with Crippen LogP contribution in [0.5, 0.6) is 0 Å². The topological polar surface area (TPSA) is 23.6 Å². The van der Waals surface area contributed by atoms with E-state index < -0.39 is 0 Å². The molecule has 0 radical (unpaired) electrons. The van der Waals surface area contributed by atoms with Gasteiger partial charge in [0.15, 0.2) is 0 Å². The Morgan fingerprint density at radius 2 is 1.95 bits per heavy atom. The summed E-state index contributed by atoms with van der Waals surface area (Å²) in [7, 11) is 2.16. The molecule has 1 saturated heterocycles. The molecule has 0 bridgehead atoms. The lowest BCUT2D eigenvalue weighted by Crippen LogP contribution is -2.49. The number of nitrogens with zero attached hydrogens (tertiary/aromatic N) is 2. The number of rotatable bonds is 4. The van der Waals surface area contributed by atoms with Crippen LogP contribution in [0.25, 0.3) is 0 Å². The van der Waals surface area contributed by atoms with E-state index in [1.165, 1.54) is 5.56 Å². The zero-order chi connectivity index (χ0) is 13.9. The molecule has 0 aliphatic carbocycles. The van der Waals surface area contributed by atoms with E-state index >= 15 is 0 Å². The number of likely N-dealkylation sites (N-methyl/N-ethyl adjacent to an activating group) is 1. The number of benzene rings is 1. The third-order valence-corrected chi connectivity index (χ3v) is 3.81. The van der Waals surface area contributed by atoms with Gasteiger partial charge in [-0.1, -0.05) is 44.2 Å². The highest BCUT2D eigenvalue weighted by molar-refractivity contribution is 5.58. The molecule has 0 spiro atoms. The molecule has 104 valence electrons. The number of hydrogen-bond donors (Lipinski definition) is 0. The van der Waals surface area contributed by atoms with Crippen molar-refractivity contribution in [1.82, 2.24) is 9.80 Å². The molecule has 1 aliphatic rings. The highest BCUT2D eigenvalue weighted by Crippen LogP contribution is 2.27. The summed E-state index contributed by atoms with van der Waals surface area (Å²) >= 11 is 0. The maximum Gasteiger partial charge on any atom is 0.126 e. The summed E-state index contributed by atoms with van der Waals surface area (Å²) < 4.78 is 0. The number of aldehydes is 1. The average Bonchev–Trinajstić information content (AvgIpc) is 2.42. The molecule has 1 fully saturated rings. The average molecular weight is 260 g/mol. The van der Waals surface area contributed by atoms with E-state index in [0.717, 1.165) is 32.5 Å². The van der Waals surface area contributed by atoms with Crippen LogP contribution >= 0.6 is 0 Å². The first-order chi connectivity index (χ1) is 9.02. The fraction of sp³-hybridized carbons (Fsp3) is 0.562. The molecule has 1 atom stereocenters. The lowest BCUT2D eigenvalue weighted by Gasteiger charge is -2.42. The normalized spacial score (nSPS) is 22.4. The number of hydrogen-bond acceptors (Lipinski definition) is 3. The predicted molar refractivity (Wildman–Crippen MR) is 78.1 cm³/mol. The van der Waals surface area contributed by atoms with Crippen LogP contribution in [0.3, 0.4) is 0 Å². The molecule has 1 aliphatic heterocycles. The van der Waals surface area contributed by atoms with Crippen LogP contribution in [0.4, 0.5) is 0 Å². The molecule has 0 N–H and O–H groups in total. The molecule has 1 aromatic rings. The lowest BCUT2D eigenvalue weighted by molar-refractivity contribution is -0.116. The van der Waals surface area contributed by atoms with Gasteiger partial charge >= 0.3 is 0 Å². The second-order valence-electron chi connectivity index (χ2n) is 6.27. The maximum atomic E-state index is 11.2. The summed E-state index contributed by atoms with van der Waals surface area (Å²) in [6.45, 7) is 7.97. The molecular weight excluding hydrogens is 236 g/mol. The second kappa shape index (κ2) is 5.85. The van der Waals surface area contributed by atoms with Gasteiger partial charge in [0.1, 0.15) is 6.29 Å². The van der Waals surface area contributed by atoms with Crippen molar-refractivity contribution in [3.05, 3.63) is 35.9 Å². The molecule has 0 aromatic heterocycles. The summed E-state index contributed by atoms with van der Waals surface area (Å²) in [5.41, 5.74) is 1.07. The van der Waals surface area contributed by atoms with Gasteiger partial charge in [-0.05, 0) is 12.6 Å². The van der Waals surface area contributed by atoms with Gasteiger partial charge in [-0.3, -0.25) is 4.90 Å². The Kier molecular flexibility index (Phi) is 4.38. The molecule has 0 amide bonds. The van der Waals surface area contributed by atoms with Crippen LogP contribution in [-0.4, -0.2) is 49.3 Å². The summed E-state index contributed by atoms with van der Waals surface area (Å²) in [5.74, 6) is 0.